The molecule has 1 heterocycles. The predicted molar refractivity (Wildman–Crippen MR) is 52.0 cm³/mol. The average molecular weight is 253 g/mol. The Morgan fingerprint density at radius 3 is 2.69 bits per heavy atom. The van der Waals surface area contributed by atoms with Gasteiger partial charge in [0.05, 0.1) is 13.0 Å². The first kappa shape index (κ1) is 12.6. The third-order valence-electron chi connectivity index (χ3n) is 1.80. The van der Waals surface area contributed by atoms with E-state index < -0.39 is 22.7 Å². The molecule has 0 amide bonds. The van der Waals surface area contributed by atoms with Crippen molar-refractivity contribution in [1.29, 1.82) is 0 Å². The molecule has 0 saturated carbocycles. The molecule has 0 N–H and O–H groups in total. The third-order valence-corrected chi connectivity index (χ3v) is 2.08. The molecule has 0 aliphatic rings. The molecule has 0 aliphatic heterocycles. The Bertz CT molecular complexity index is 415. The molecule has 0 unspecified atom stereocenters. The lowest BCUT2D eigenvalue weighted by atomic mass is 10.2. The maximum absolute atomic E-state index is 12.6. The predicted octanol–water partition coefficient (Wildman–Crippen LogP) is 2.67. The molecule has 1 aromatic heterocycles. The van der Waals surface area contributed by atoms with E-state index in [0.29, 0.717) is 0 Å². The van der Waals surface area contributed by atoms with Crippen LogP contribution in [0.2, 0.25) is 0 Å². The number of nitro groups is 1. The molecule has 1 rings (SSSR count). The zero-order valence-electron chi connectivity index (χ0n) is 8.11. The quantitative estimate of drug-likeness (QED) is 0.469. The van der Waals surface area contributed by atoms with Gasteiger partial charge >= 0.3 is 5.82 Å². The van der Waals surface area contributed by atoms with Gasteiger partial charge in [0, 0.05) is 6.07 Å². The van der Waals surface area contributed by atoms with Crippen LogP contribution in [0.4, 0.5) is 14.6 Å². The minimum absolute atomic E-state index is 0.106. The molecular weight excluding hydrogens is 246 g/mol. The molecule has 88 valence electrons. The molecule has 0 spiro atoms. The summed E-state index contributed by atoms with van der Waals surface area (Å²) in [6.07, 6.45) is -3.03. The number of hydrogen-bond acceptors (Lipinski definition) is 4. The van der Waals surface area contributed by atoms with E-state index in [1.807, 2.05) is 0 Å². The minimum atomic E-state index is -3.03. The maximum Gasteiger partial charge on any atom is 0.376 e. The highest BCUT2D eigenvalue weighted by Crippen LogP contribution is 2.36. The summed E-state index contributed by atoms with van der Waals surface area (Å²) < 4.78 is 29.9. The second kappa shape index (κ2) is 5.02. The lowest BCUT2D eigenvalue weighted by molar-refractivity contribution is -0.391. The normalized spacial score (nSPS) is 10.6. The number of aromatic nitrogens is 1. The zero-order chi connectivity index (χ0) is 12.3. The summed E-state index contributed by atoms with van der Waals surface area (Å²) in [5.74, 6) is -1.34. The van der Waals surface area contributed by atoms with Gasteiger partial charge < -0.3 is 14.9 Å². The van der Waals surface area contributed by atoms with Gasteiger partial charge in [-0.15, -0.1) is 11.6 Å². The summed E-state index contributed by atoms with van der Waals surface area (Å²) in [6.45, 7) is 0. The number of ether oxygens (including phenoxy) is 1. The molecule has 0 fully saturated rings. The van der Waals surface area contributed by atoms with Gasteiger partial charge in [0.2, 0.25) is 0 Å². The fourth-order valence-corrected chi connectivity index (χ4v) is 1.29. The monoisotopic (exact) mass is 252 g/mol. The van der Waals surface area contributed by atoms with Crippen LogP contribution in [0.25, 0.3) is 0 Å². The molecule has 0 radical (unpaired) electrons. The van der Waals surface area contributed by atoms with E-state index in [4.69, 9.17) is 11.6 Å². The minimum Gasteiger partial charge on any atom is -0.496 e. The fourth-order valence-electron chi connectivity index (χ4n) is 1.15. The summed E-state index contributed by atoms with van der Waals surface area (Å²) in [5.41, 5.74) is -0.726. The van der Waals surface area contributed by atoms with Crippen molar-refractivity contribution in [3.63, 3.8) is 0 Å². The Hall–Kier alpha value is -1.50. The van der Waals surface area contributed by atoms with Crippen LogP contribution in [0, 0.1) is 10.1 Å². The van der Waals surface area contributed by atoms with Gasteiger partial charge in [-0.25, -0.2) is 8.78 Å². The van der Waals surface area contributed by atoms with E-state index in [1.54, 1.807) is 0 Å². The number of pyridine rings is 1. The van der Waals surface area contributed by atoms with Gasteiger partial charge in [-0.2, -0.15) is 0 Å². The molecular formula is C8H7ClF2N2O3. The van der Waals surface area contributed by atoms with Crippen molar-refractivity contribution in [2.75, 3.05) is 7.11 Å². The second-order valence-electron chi connectivity index (χ2n) is 2.74. The molecule has 0 aromatic carbocycles. The highest BCUT2D eigenvalue weighted by atomic mass is 35.5. The van der Waals surface area contributed by atoms with Crippen LogP contribution < -0.4 is 4.74 Å². The molecule has 0 atom stereocenters. The van der Waals surface area contributed by atoms with Crippen molar-refractivity contribution in [2.24, 2.45) is 0 Å². The molecule has 5 nitrogen and oxygen atoms in total. The smallest absolute Gasteiger partial charge is 0.376 e. The average Bonchev–Trinajstić information content (AvgIpc) is 2.26. The lowest BCUT2D eigenvalue weighted by Gasteiger charge is -2.07. The van der Waals surface area contributed by atoms with Crippen LogP contribution in [-0.2, 0) is 5.88 Å². The summed E-state index contributed by atoms with van der Waals surface area (Å²) in [4.78, 5) is 13.0. The Labute approximate surface area is 94.1 Å². The van der Waals surface area contributed by atoms with Crippen molar-refractivity contribution < 1.29 is 18.4 Å². The molecule has 1 aromatic rings. The van der Waals surface area contributed by atoms with Gasteiger partial charge in [0.25, 0.3) is 6.43 Å². The number of methoxy groups -OCH3 is 1. The summed E-state index contributed by atoms with van der Waals surface area (Å²) in [5, 5.41) is 10.6. The van der Waals surface area contributed by atoms with E-state index in [1.165, 1.54) is 0 Å². The van der Waals surface area contributed by atoms with Crippen molar-refractivity contribution in [2.45, 2.75) is 12.3 Å². The molecule has 0 aliphatic carbocycles. The number of nitrogens with zero attached hydrogens (tertiary/aromatic N) is 2. The van der Waals surface area contributed by atoms with Crippen LogP contribution in [0.1, 0.15) is 17.7 Å². The lowest BCUT2D eigenvalue weighted by Crippen LogP contribution is -2.04. The number of alkyl halides is 3. The first-order chi connectivity index (χ1) is 7.51. The third kappa shape index (κ3) is 2.35. The van der Waals surface area contributed by atoms with E-state index in [0.717, 1.165) is 13.2 Å². The zero-order valence-corrected chi connectivity index (χ0v) is 8.87. The Morgan fingerprint density at radius 2 is 2.31 bits per heavy atom. The highest BCUT2D eigenvalue weighted by molar-refractivity contribution is 6.16. The topological polar surface area (TPSA) is 65.3 Å². The van der Waals surface area contributed by atoms with Gasteiger partial charge in [-0.1, -0.05) is 0 Å². The van der Waals surface area contributed by atoms with Crippen molar-refractivity contribution in [1.82, 2.24) is 4.98 Å². The molecule has 0 saturated heterocycles. The van der Waals surface area contributed by atoms with E-state index >= 15 is 0 Å². The second-order valence-corrected chi connectivity index (χ2v) is 3.01. The van der Waals surface area contributed by atoms with Crippen LogP contribution in [0.15, 0.2) is 6.07 Å². The summed E-state index contributed by atoms with van der Waals surface area (Å²) >= 11 is 5.44. The first-order valence-electron chi connectivity index (χ1n) is 4.07. The van der Waals surface area contributed by atoms with Gasteiger partial charge in [-0.3, -0.25) is 0 Å². The van der Waals surface area contributed by atoms with Crippen LogP contribution in [0.3, 0.4) is 0 Å². The van der Waals surface area contributed by atoms with Crippen molar-refractivity contribution >= 4 is 17.4 Å². The van der Waals surface area contributed by atoms with Gasteiger partial charge in [0.15, 0.2) is 11.3 Å². The number of rotatable bonds is 4. The molecule has 8 heteroatoms. The van der Waals surface area contributed by atoms with Crippen LogP contribution in [0.5, 0.6) is 5.75 Å². The Balaban J connectivity index is 3.47. The van der Waals surface area contributed by atoms with Crippen molar-refractivity contribution in [3.8, 4) is 5.75 Å². The van der Waals surface area contributed by atoms with Gasteiger partial charge in [-0.05, 0) is 9.91 Å². The largest absolute Gasteiger partial charge is 0.496 e. The van der Waals surface area contributed by atoms with E-state index in [-0.39, 0.29) is 17.3 Å². The highest BCUT2D eigenvalue weighted by Gasteiger charge is 2.29. The van der Waals surface area contributed by atoms with Crippen molar-refractivity contribution in [3.05, 3.63) is 27.4 Å². The molecule has 16 heavy (non-hydrogen) atoms. The number of halogens is 3. The Morgan fingerprint density at radius 1 is 1.69 bits per heavy atom. The van der Waals surface area contributed by atoms with Crippen LogP contribution >= 0.6 is 11.6 Å². The van der Waals surface area contributed by atoms with Gasteiger partial charge in [0.1, 0.15) is 5.75 Å². The van der Waals surface area contributed by atoms with E-state index in [9.17, 15) is 18.9 Å². The number of hydrogen-bond donors (Lipinski definition) is 0. The fraction of sp³-hybridized carbons (Fsp3) is 0.375. The SMILES string of the molecule is COc1cc(CCl)nc([N+](=O)[O-])c1C(F)F. The van der Waals surface area contributed by atoms with Crippen LogP contribution in [-0.4, -0.2) is 17.0 Å². The summed E-state index contributed by atoms with van der Waals surface area (Å²) in [7, 11) is 1.14. The molecule has 0 bridgehead atoms. The standard InChI is InChI=1S/C8H7ClF2N2O3/c1-16-5-2-4(3-9)12-8(13(14)15)6(5)7(10)11/h2,7H,3H2,1H3. The first-order valence-corrected chi connectivity index (χ1v) is 4.61. The van der Waals surface area contributed by atoms with E-state index in [2.05, 4.69) is 9.72 Å². The Kier molecular flexibility index (Phi) is 3.94. The maximum atomic E-state index is 12.6. The summed E-state index contributed by atoms with van der Waals surface area (Å²) in [6, 6.07) is 1.15.